The average Bonchev–Trinajstić information content (AvgIpc) is 2.54. The molecule has 0 saturated carbocycles. The predicted octanol–water partition coefficient (Wildman–Crippen LogP) is 2.51. The Hall–Kier alpha value is -1.05. The van der Waals surface area contributed by atoms with Crippen LogP contribution in [-0.2, 0) is 19.3 Å². The zero-order valence-electron chi connectivity index (χ0n) is 9.34. The number of rotatable bonds is 2. The molecule has 2 rings (SSSR count). The Balaban J connectivity index is 2.50. The Labute approximate surface area is 92.3 Å². The Morgan fingerprint density at radius 1 is 1.40 bits per heavy atom. The third-order valence-corrected chi connectivity index (χ3v) is 3.15. The first-order valence-corrected chi connectivity index (χ1v) is 5.53. The first kappa shape index (κ1) is 10.5. The lowest BCUT2D eigenvalue weighted by Crippen LogP contribution is -2.01. The van der Waals surface area contributed by atoms with E-state index in [4.69, 9.17) is 7.85 Å². The summed E-state index contributed by atoms with van der Waals surface area (Å²) >= 11 is 0. The maximum Gasteiger partial charge on any atom is 0.160 e. The second kappa shape index (κ2) is 3.84. The number of hydrogen-bond acceptors (Lipinski definition) is 1. The summed E-state index contributed by atoms with van der Waals surface area (Å²) in [7, 11) is 5.92. The van der Waals surface area contributed by atoms with E-state index < -0.39 is 0 Å². The molecule has 0 aliphatic heterocycles. The number of hydrogen-bond donors (Lipinski definition) is 0. The third-order valence-electron chi connectivity index (χ3n) is 3.15. The van der Waals surface area contributed by atoms with Crippen LogP contribution in [0.4, 0.5) is 0 Å². The van der Waals surface area contributed by atoms with Gasteiger partial charge < -0.3 is 0 Å². The molecule has 1 aliphatic carbocycles. The maximum absolute atomic E-state index is 11.5. The number of fused-ring (bicyclic) bond motifs is 1. The Morgan fingerprint density at radius 3 is 2.53 bits per heavy atom. The normalized spacial score (nSPS) is 18.9. The first-order chi connectivity index (χ1) is 7.11. The van der Waals surface area contributed by atoms with Crippen molar-refractivity contribution < 1.29 is 4.79 Å². The van der Waals surface area contributed by atoms with Gasteiger partial charge in [-0.05, 0) is 48.9 Å². The number of benzene rings is 1. The van der Waals surface area contributed by atoms with Crippen LogP contribution < -0.4 is 0 Å². The highest BCUT2D eigenvalue weighted by Gasteiger charge is 2.20. The van der Waals surface area contributed by atoms with Crippen molar-refractivity contribution in [2.75, 3.05) is 0 Å². The van der Waals surface area contributed by atoms with Crippen molar-refractivity contribution in [2.45, 2.75) is 38.9 Å². The molecular formula is C13H15BO. The molecule has 0 heterocycles. The lowest BCUT2D eigenvalue weighted by atomic mass is 9.85. The minimum absolute atomic E-state index is 0.162. The number of ketones is 1. The highest BCUT2D eigenvalue weighted by molar-refractivity contribution is 6.12. The number of Topliss-reactive ketones (excluding diaryl/α,β-unsaturated/α-hetero) is 1. The molecule has 2 heteroatoms. The SMILES string of the molecule is [B]C1Cc2cc(CC)c(C(C)=O)cc2C1. The summed E-state index contributed by atoms with van der Waals surface area (Å²) in [6.07, 6.45) is 2.79. The Morgan fingerprint density at radius 2 is 2.00 bits per heavy atom. The standard InChI is InChI=1S/C13H15BO/c1-3-9-4-10-5-12(14)6-11(10)7-13(9)8(2)15/h4,7,12H,3,5-6H2,1-2H3. The van der Waals surface area contributed by atoms with Crippen LogP contribution in [0.5, 0.6) is 0 Å². The largest absolute Gasteiger partial charge is 0.295 e. The van der Waals surface area contributed by atoms with Crippen molar-refractivity contribution in [2.24, 2.45) is 0 Å². The fourth-order valence-corrected chi connectivity index (χ4v) is 2.38. The maximum atomic E-state index is 11.5. The molecule has 1 aromatic carbocycles. The van der Waals surface area contributed by atoms with Crippen LogP contribution >= 0.6 is 0 Å². The molecule has 0 N–H and O–H groups in total. The van der Waals surface area contributed by atoms with Gasteiger partial charge in [0.05, 0.1) is 7.85 Å². The van der Waals surface area contributed by atoms with E-state index in [1.54, 1.807) is 6.92 Å². The summed E-state index contributed by atoms with van der Waals surface area (Å²) in [5.41, 5.74) is 4.65. The van der Waals surface area contributed by atoms with Crippen LogP contribution in [0.1, 0.15) is 40.9 Å². The summed E-state index contributed by atoms with van der Waals surface area (Å²) in [5.74, 6) is 0.405. The van der Waals surface area contributed by atoms with E-state index in [1.165, 1.54) is 11.1 Å². The predicted molar refractivity (Wildman–Crippen MR) is 62.7 cm³/mol. The van der Waals surface area contributed by atoms with Gasteiger partial charge in [0.15, 0.2) is 5.78 Å². The van der Waals surface area contributed by atoms with Crippen LogP contribution in [0.3, 0.4) is 0 Å². The molecule has 1 aliphatic rings. The van der Waals surface area contributed by atoms with E-state index in [2.05, 4.69) is 13.0 Å². The fraction of sp³-hybridized carbons (Fsp3) is 0.462. The van der Waals surface area contributed by atoms with Crippen LogP contribution in [0.2, 0.25) is 5.82 Å². The van der Waals surface area contributed by atoms with Gasteiger partial charge in [0.25, 0.3) is 0 Å². The zero-order valence-corrected chi connectivity index (χ0v) is 9.34. The van der Waals surface area contributed by atoms with Crippen LogP contribution in [0, 0.1) is 0 Å². The molecular weight excluding hydrogens is 183 g/mol. The molecule has 1 unspecified atom stereocenters. The Kier molecular flexibility index (Phi) is 2.68. The molecule has 0 bridgehead atoms. The highest BCUT2D eigenvalue weighted by Crippen LogP contribution is 2.31. The van der Waals surface area contributed by atoms with Gasteiger partial charge >= 0.3 is 0 Å². The second-order valence-electron chi connectivity index (χ2n) is 4.36. The molecule has 1 nitrogen and oxygen atoms in total. The van der Waals surface area contributed by atoms with E-state index in [0.29, 0.717) is 0 Å². The minimum atomic E-state index is 0.162. The number of carbonyl (C=O) groups is 1. The van der Waals surface area contributed by atoms with Crippen molar-refractivity contribution in [3.8, 4) is 0 Å². The molecule has 0 spiro atoms. The van der Waals surface area contributed by atoms with E-state index in [0.717, 1.165) is 30.4 Å². The van der Waals surface area contributed by atoms with E-state index >= 15 is 0 Å². The molecule has 1 atom stereocenters. The van der Waals surface area contributed by atoms with Gasteiger partial charge in [0.1, 0.15) is 0 Å². The smallest absolute Gasteiger partial charge is 0.160 e. The quantitative estimate of drug-likeness (QED) is 0.527. The molecule has 0 aromatic heterocycles. The molecule has 0 saturated heterocycles. The van der Waals surface area contributed by atoms with E-state index in [9.17, 15) is 4.79 Å². The summed E-state index contributed by atoms with van der Waals surface area (Å²) < 4.78 is 0. The second-order valence-corrected chi connectivity index (χ2v) is 4.36. The van der Waals surface area contributed by atoms with Gasteiger partial charge in [0.2, 0.25) is 0 Å². The number of aryl methyl sites for hydroxylation is 1. The molecule has 2 radical (unpaired) electrons. The topological polar surface area (TPSA) is 17.1 Å². The van der Waals surface area contributed by atoms with Crippen molar-refractivity contribution in [3.05, 3.63) is 34.4 Å². The molecule has 76 valence electrons. The van der Waals surface area contributed by atoms with Gasteiger partial charge in [-0.3, -0.25) is 4.79 Å². The molecule has 1 aromatic rings. The van der Waals surface area contributed by atoms with Gasteiger partial charge in [-0.15, -0.1) is 0 Å². The van der Waals surface area contributed by atoms with Gasteiger partial charge in [0, 0.05) is 5.56 Å². The highest BCUT2D eigenvalue weighted by atomic mass is 16.1. The molecule has 0 amide bonds. The van der Waals surface area contributed by atoms with E-state index in [1.807, 2.05) is 6.07 Å². The Bertz CT molecular complexity index is 409. The van der Waals surface area contributed by atoms with E-state index in [-0.39, 0.29) is 11.6 Å². The van der Waals surface area contributed by atoms with Crippen LogP contribution in [0.15, 0.2) is 12.1 Å². The summed E-state index contributed by atoms with van der Waals surface area (Å²) in [6.45, 7) is 3.72. The lowest BCUT2D eigenvalue weighted by molar-refractivity contribution is 0.101. The zero-order chi connectivity index (χ0) is 11.0. The van der Waals surface area contributed by atoms with Crippen LogP contribution in [0.25, 0.3) is 0 Å². The first-order valence-electron chi connectivity index (χ1n) is 5.53. The van der Waals surface area contributed by atoms with Gasteiger partial charge in [-0.2, -0.15) is 0 Å². The average molecular weight is 198 g/mol. The van der Waals surface area contributed by atoms with Crippen molar-refractivity contribution in [3.63, 3.8) is 0 Å². The monoisotopic (exact) mass is 198 g/mol. The summed E-state index contributed by atoms with van der Waals surface area (Å²) in [6, 6.07) is 4.21. The third kappa shape index (κ3) is 1.85. The molecule has 15 heavy (non-hydrogen) atoms. The van der Waals surface area contributed by atoms with Crippen LogP contribution in [-0.4, -0.2) is 13.6 Å². The molecule has 0 fully saturated rings. The lowest BCUT2D eigenvalue weighted by Gasteiger charge is -2.08. The van der Waals surface area contributed by atoms with Crippen molar-refractivity contribution in [1.29, 1.82) is 0 Å². The van der Waals surface area contributed by atoms with Gasteiger partial charge in [-0.25, -0.2) is 0 Å². The fourth-order valence-electron chi connectivity index (χ4n) is 2.38. The van der Waals surface area contributed by atoms with Crippen molar-refractivity contribution in [1.82, 2.24) is 0 Å². The van der Waals surface area contributed by atoms with Crippen molar-refractivity contribution >= 4 is 13.6 Å². The summed E-state index contributed by atoms with van der Waals surface area (Å²) in [5, 5.41) is 0. The number of carbonyl (C=O) groups excluding carboxylic acids is 1. The minimum Gasteiger partial charge on any atom is -0.295 e. The van der Waals surface area contributed by atoms with Gasteiger partial charge in [-0.1, -0.05) is 18.8 Å². The summed E-state index contributed by atoms with van der Waals surface area (Å²) in [4.78, 5) is 11.5.